The van der Waals surface area contributed by atoms with Gasteiger partial charge in [0.2, 0.25) is 0 Å². The van der Waals surface area contributed by atoms with Crippen LogP contribution in [0.1, 0.15) is 43.7 Å². The van der Waals surface area contributed by atoms with E-state index >= 15 is 0 Å². The molecular weight excluding hydrogens is 328 g/mol. The first kappa shape index (κ1) is 15.5. The molecule has 1 heterocycles. The van der Waals surface area contributed by atoms with E-state index < -0.39 is 0 Å². The molecule has 1 aromatic heterocycles. The van der Waals surface area contributed by atoms with Crippen LogP contribution >= 0.6 is 15.9 Å². The van der Waals surface area contributed by atoms with Crippen molar-refractivity contribution in [1.82, 2.24) is 20.0 Å². The molecule has 0 aliphatic heterocycles. The zero-order chi connectivity index (χ0) is 14.8. The number of hydrogen-bond donors (Lipinski definition) is 1. The van der Waals surface area contributed by atoms with Crippen molar-refractivity contribution in [2.24, 2.45) is 5.92 Å². The number of hydrogen-bond acceptors (Lipinski definition) is 3. The molecule has 2 saturated carbocycles. The van der Waals surface area contributed by atoms with Crippen LogP contribution in [-0.2, 0) is 6.54 Å². The average molecular weight is 355 g/mol. The highest BCUT2D eigenvalue weighted by atomic mass is 79.9. The normalized spacial score (nSPS) is 25.9. The Morgan fingerprint density at radius 3 is 2.86 bits per heavy atom. The third-order valence-corrected chi connectivity index (χ3v) is 5.46. The first-order valence-corrected chi connectivity index (χ1v) is 9.03. The van der Waals surface area contributed by atoms with Gasteiger partial charge in [0, 0.05) is 18.5 Å². The van der Waals surface area contributed by atoms with Crippen molar-refractivity contribution in [1.29, 1.82) is 0 Å². The molecule has 118 valence electrons. The first-order valence-electron chi connectivity index (χ1n) is 8.24. The molecule has 0 spiro atoms. The second kappa shape index (κ2) is 6.80. The largest absolute Gasteiger partial charge is 0.314 e. The minimum atomic E-state index is 0.662. The van der Waals surface area contributed by atoms with Crippen LogP contribution in [-0.4, -0.2) is 47.9 Å². The van der Waals surface area contributed by atoms with Crippen LogP contribution in [0.3, 0.4) is 0 Å². The lowest BCUT2D eigenvalue weighted by Gasteiger charge is -2.22. The molecule has 5 heteroatoms. The van der Waals surface area contributed by atoms with Crippen LogP contribution in [0.4, 0.5) is 0 Å². The van der Waals surface area contributed by atoms with Gasteiger partial charge in [0.1, 0.15) is 0 Å². The van der Waals surface area contributed by atoms with E-state index in [9.17, 15) is 0 Å². The van der Waals surface area contributed by atoms with Gasteiger partial charge in [-0.1, -0.05) is 6.42 Å². The minimum Gasteiger partial charge on any atom is -0.314 e. The van der Waals surface area contributed by atoms with Gasteiger partial charge >= 0.3 is 0 Å². The fourth-order valence-electron chi connectivity index (χ4n) is 3.46. The van der Waals surface area contributed by atoms with Gasteiger partial charge in [0.15, 0.2) is 0 Å². The third-order valence-electron chi connectivity index (χ3n) is 4.85. The smallest absolute Gasteiger partial charge is 0.0635 e. The van der Waals surface area contributed by atoms with E-state index in [-0.39, 0.29) is 0 Å². The highest BCUT2D eigenvalue weighted by Gasteiger charge is 2.33. The van der Waals surface area contributed by atoms with E-state index in [4.69, 9.17) is 0 Å². The van der Waals surface area contributed by atoms with E-state index in [2.05, 4.69) is 50.0 Å². The van der Waals surface area contributed by atoms with Crippen molar-refractivity contribution in [3.8, 4) is 0 Å². The maximum Gasteiger partial charge on any atom is 0.0635 e. The second-order valence-electron chi connectivity index (χ2n) is 6.88. The third kappa shape index (κ3) is 3.88. The lowest BCUT2D eigenvalue weighted by atomic mass is 9.92. The van der Waals surface area contributed by atoms with Crippen molar-refractivity contribution >= 4 is 15.9 Å². The van der Waals surface area contributed by atoms with E-state index in [1.807, 2.05) is 6.20 Å². The summed E-state index contributed by atoms with van der Waals surface area (Å²) in [5.74, 6) is 1.44. The van der Waals surface area contributed by atoms with Crippen LogP contribution < -0.4 is 5.32 Å². The molecule has 1 aromatic rings. The quantitative estimate of drug-likeness (QED) is 0.817. The Morgan fingerprint density at radius 1 is 1.33 bits per heavy atom. The molecule has 4 nitrogen and oxygen atoms in total. The standard InChI is InChI=1S/C16H27BrN4/c1-20(2)8-9-21-16(15(17)11-19-21)14-5-3-4-12(14)10-18-13-6-7-13/h11-14,18H,3-10H2,1-2H3. The van der Waals surface area contributed by atoms with Gasteiger partial charge < -0.3 is 10.2 Å². The number of nitrogens with one attached hydrogen (secondary N) is 1. The summed E-state index contributed by atoms with van der Waals surface area (Å²) >= 11 is 3.74. The fraction of sp³-hybridized carbons (Fsp3) is 0.812. The lowest BCUT2D eigenvalue weighted by Crippen LogP contribution is -2.28. The van der Waals surface area contributed by atoms with Gasteiger partial charge in [0.25, 0.3) is 0 Å². The highest BCUT2D eigenvalue weighted by Crippen LogP contribution is 2.42. The number of aromatic nitrogens is 2. The van der Waals surface area contributed by atoms with Crippen molar-refractivity contribution < 1.29 is 0 Å². The van der Waals surface area contributed by atoms with E-state index in [0.717, 1.165) is 25.0 Å². The molecule has 2 aliphatic rings. The van der Waals surface area contributed by atoms with Crippen molar-refractivity contribution in [2.45, 2.75) is 50.6 Å². The number of likely N-dealkylation sites (N-methyl/N-ethyl adjacent to an activating group) is 1. The van der Waals surface area contributed by atoms with Gasteiger partial charge in [-0.05, 0) is 68.2 Å². The molecule has 2 atom stereocenters. The predicted molar refractivity (Wildman–Crippen MR) is 89.6 cm³/mol. The van der Waals surface area contributed by atoms with Crippen LogP contribution in [0.2, 0.25) is 0 Å². The Balaban J connectivity index is 1.69. The van der Waals surface area contributed by atoms with Crippen molar-refractivity contribution in [2.75, 3.05) is 27.2 Å². The molecule has 21 heavy (non-hydrogen) atoms. The van der Waals surface area contributed by atoms with Gasteiger partial charge in [-0.25, -0.2) is 0 Å². The molecular formula is C16H27BrN4. The maximum atomic E-state index is 4.60. The minimum absolute atomic E-state index is 0.662. The Hall–Kier alpha value is -0.390. The van der Waals surface area contributed by atoms with Gasteiger partial charge in [0.05, 0.1) is 22.9 Å². The summed E-state index contributed by atoms with van der Waals surface area (Å²) in [5, 5.41) is 8.32. The fourth-order valence-corrected chi connectivity index (χ4v) is 4.05. The SMILES string of the molecule is CN(C)CCn1ncc(Br)c1C1CCCC1CNC1CC1. The molecule has 0 amide bonds. The van der Waals surface area contributed by atoms with Crippen LogP contribution in [0, 0.1) is 5.92 Å². The molecule has 0 saturated heterocycles. The topological polar surface area (TPSA) is 33.1 Å². The number of halogens is 1. The molecule has 0 radical (unpaired) electrons. The summed E-state index contributed by atoms with van der Waals surface area (Å²) < 4.78 is 3.43. The summed E-state index contributed by atoms with van der Waals surface area (Å²) in [4.78, 5) is 2.22. The Kier molecular flexibility index (Phi) is 5.02. The maximum absolute atomic E-state index is 4.60. The first-order chi connectivity index (χ1) is 10.1. The van der Waals surface area contributed by atoms with Gasteiger partial charge in [-0.15, -0.1) is 0 Å². The van der Waals surface area contributed by atoms with Crippen LogP contribution in [0.5, 0.6) is 0 Å². The van der Waals surface area contributed by atoms with Gasteiger partial charge in [-0.2, -0.15) is 5.10 Å². The number of rotatable bonds is 7. The van der Waals surface area contributed by atoms with E-state index in [1.54, 1.807) is 0 Å². The predicted octanol–water partition coefficient (Wildman–Crippen LogP) is 2.84. The average Bonchev–Trinajstić information content (AvgIpc) is 3.05. The van der Waals surface area contributed by atoms with Crippen molar-refractivity contribution in [3.63, 3.8) is 0 Å². The summed E-state index contributed by atoms with van der Waals surface area (Å²) in [5.41, 5.74) is 1.43. The molecule has 3 rings (SSSR count). The van der Waals surface area contributed by atoms with E-state index in [0.29, 0.717) is 5.92 Å². The summed E-state index contributed by atoms with van der Waals surface area (Å²) in [6.07, 6.45) is 8.75. The number of nitrogens with zero attached hydrogens (tertiary/aromatic N) is 3. The Bertz CT molecular complexity index is 467. The molecule has 2 aliphatic carbocycles. The van der Waals surface area contributed by atoms with Crippen LogP contribution in [0.15, 0.2) is 10.7 Å². The zero-order valence-electron chi connectivity index (χ0n) is 13.2. The molecule has 2 fully saturated rings. The summed E-state index contributed by atoms with van der Waals surface area (Å²) in [6.45, 7) is 3.20. The molecule has 2 unspecified atom stereocenters. The highest BCUT2D eigenvalue weighted by molar-refractivity contribution is 9.10. The molecule has 0 bridgehead atoms. The monoisotopic (exact) mass is 354 g/mol. The van der Waals surface area contributed by atoms with E-state index in [1.165, 1.54) is 48.8 Å². The van der Waals surface area contributed by atoms with Crippen molar-refractivity contribution in [3.05, 3.63) is 16.4 Å². The van der Waals surface area contributed by atoms with Gasteiger partial charge in [-0.3, -0.25) is 4.68 Å². The zero-order valence-corrected chi connectivity index (χ0v) is 14.8. The Labute approximate surface area is 136 Å². The summed E-state index contributed by atoms with van der Waals surface area (Å²) in [7, 11) is 4.24. The second-order valence-corrected chi connectivity index (χ2v) is 7.74. The molecule has 1 N–H and O–H groups in total. The summed E-state index contributed by atoms with van der Waals surface area (Å²) in [6, 6.07) is 0.813. The molecule has 0 aromatic carbocycles. The Morgan fingerprint density at radius 2 is 2.14 bits per heavy atom. The lowest BCUT2D eigenvalue weighted by molar-refractivity contribution is 0.357. The van der Waals surface area contributed by atoms with Crippen LogP contribution in [0.25, 0.3) is 0 Å².